The third-order valence-electron chi connectivity index (χ3n) is 4.65. The first-order valence-electron chi connectivity index (χ1n) is 9.91. The van der Waals surface area contributed by atoms with Gasteiger partial charge in [-0.1, -0.05) is 54.2 Å². The SMILES string of the molecule is C=CCn1c(CNC(=O)c2ccco2)nnc1SCC(=O)Nc1cccc2ccccc12. The first-order valence-corrected chi connectivity index (χ1v) is 10.9. The molecule has 32 heavy (non-hydrogen) atoms. The second-order valence-electron chi connectivity index (χ2n) is 6.82. The second-order valence-corrected chi connectivity index (χ2v) is 7.76. The minimum absolute atomic E-state index is 0.146. The monoisotopic (exact) mass is 447 g/mol. The second kappa shape index (κ2) is 9.97. The normalized spacial score (nSPS) is 10.8. The van der Waals surface area contributed by atoms with Crippen LogP contribution < -0.4 is 10.6 Å². The Kier molecular flexibility index (Phi) is 6.66. The van der Waals surface area contributed by atoms with Gasteiger partial charge in [0.25, 0.3) is 5.91 Å². The van der Waals surface area contributed by atoms with Crippen LogP contribution in [0.4, 0.5) is 5.69 Å². The molecule has 2 amide bonds. The Balaban J connectivity index is 1.39. The maximum absolute atomic E-state index is 12.6. The van der Waals surface area contributed by atoms with E-state index in [4.69, 9.17) is 4.42 Å². The summed E-state index contributed by atoms with van der Waals surface area (Å²) in [7, 11) is 0. The number of nitrogens with zero attached hydrogens (tertiary/aromatic N) is 3. The van der Waals surface area contributed by atoms with E-state index in [1.807, 2.05) is 47.0 Å². The highest BCUT2D eigenvalue weighted by atomic mass is 32.2. The summed E-state index contributed by atoms with van der Waals surface area (Å²) >= 11 is 1.27. The molecule has 0 saturated heterocycles. The third-order valence-corrected chi connectivity index (χ3v) is 5.62. The molecule has 0 aliphatic carbocycles. The minimum Gasteiger partial charge on any atom is -0.459 e. The zero-order valence-electron chi connectivity index (χ0n) is 17.2. The Bertz CT molecular complexity index is 1240. The lowest BCUT2D eigenvalue weighted by Gasteiger charge is -2.10. The number of benzene rings is 2. The Morgan fingerprint density at radius 2 is 1.94 bits per heavy atom. The Morgan fingerprint density at radius 3 is 2.75 bits per heavy atom. The van der Waals surface area contributed by atoms with Crippen molar-refractivity contribution in [3.63, 3.8) is 0 Å². The molecule has 0 aliphatic rings. The van der Waals surface area contributed by atoms with E-state index in [1.165, 1.54) is 18.0 Å². The first-order chi connectivity index (χ1) is 15.7. The number of allylic oxidation sites excluding steroid dienone is 1. The van der Waals surface area contributed by atoms with Crippen molar-refractivity contribution in [2.45, 2.75) is 18.2 Å². The molecule has 0 radical (unpaired) electrons. The molecule has 0 atom stereocenters. The van der Waals surface area contributed by atoms with Crippen LogP contribution in [0.2, 0.25) is 0 Å². The number of nitrogens with one attached hydrogen (secondary N) is 2. The van der Waals surface area contributed by atoms with Gasteiger partial charge in [-0.2, -0.15) is 0 Å². The molecule has 2 aromatic heterocycles. The third kappa shape index (κ3) is 4.89. The van der Waals surface area contributed by atoms with Crippen molar-refractivity contribution < 1.29 is 14.0 Å². The van der Waals surface area contributed by atoms with Crippen LogP contribution in [0.3, 0.4) is 0 Å². The van der Waals surface area contributed by atoms with Crippen molar-refractivity contribution in [2.75, 3.05) is 11.1 Å². The molecule has 0 unspecified atom stereocenters. The van der Waals surface area contributed by atoms with Crippen molar-refractivity contribution in [2.24, 2.45) is 0 Å². The average Bonchev–Trinajstić information content (AvgIpc) is 3.47. The maximum Gasteiger partial charge on any atom is 0.287 e. The molecule has 2 N–H and O–H groups in total. The van der Waals surface area contributed by atoms with E-state index in [0.717, 1.165) is 16.5 Å². The maximum atomic E-state index is 12.6. The number of furan rings is 1. The molecular formula is C23H21N5O3S. The minimum atomic E-state index is -0.341. The van der Waals surface area contributed by atoms with Gasteiger partial charge in [-0.05, 0) is 23.6 Å². The predicted octanol–water partition coefficient (Wildman–Crippen LogP) is 3.87. The highest BCUT2D eigenvalue weighted by Crippen LogP contribution is 2.24. The molecule has 0 saturated carbocycles. The number of hydrogen-bond donors (Lipinski definition) is 2. The predicted molar refractivity (Wildman–Crippen MR) is 123 cm³/mol. The fraction of sp³-hybridized carbons (Fsp3) is 0.130. The molecule has 4 aromatic rings. The topological polar surface area (TPSA) is 102 Å². The lowest BCUT2D eigenvalue weighted by Crippen LogP contribution is -2.24. The van der Waals surface area contributed by atoms with Crippen LogP contribution in [-0.4, -0.2) is 32.3 Å². The fourth-order valence-corrected chi connectivity index (χ4v) is 3.94. The highest BCUT2D eigenvalue weighted by Gasteiger charge is 2.16. The van der Waals surface area contributed by atoms with Crippen LogP contribution in [0.1, 0.15) is 16.4 Å². The molecule has 162 valence electrons. The van der Waals surface area contributed by atoms with E-state index < -0.39 is 0 Å². The van der Waals surface area contributed by atoms with Gasteiger partial charge >= 0.3 is 0 Å². The standard InChI is InChI=1S/C23H21N5O3S/c1-2-12-28-20(14-24-22(30)19-11-6-13-31-19)26-27-23(28)32-15-21(29)25-18-10-5-8-16-7-3-4-9-17(16)18/h2-11,13H,1,12,14-15H2,(H,24,30)(H,25,29). The molecule has 0 spiro atoms. The molecule has 0 aliphatic heterocycles. The lowest BCUT2D eigenvalue weighted by atomic mass is 10.1. The number of anilines is 1. The number of aromatic nitrogens is 3. The summed E-state index contributed by atoms with van der Waals surface area (Å²) in [5, 5.41) is 16.7. The van der Waals surface area contributed by atoms with Crippen molar-refractivity contribution in [3.05, 3.63) is 85.1 Å². The Hall–Kier alpha value is -3.85. The zero-order valence-corrected chi connectivity index (χ0v) is 18.0. The number of fused-ring (bicyclic) bond motifs is 1. The number of rotatable bonds is 9. The van der Waals surface area contributed by atoms with Crippen LogP contribution in [0, 0.1) is 0 Å². The highest BCUT2D eigenvalue weighted by molar-refractivity contribution is 7.99. The lowest BCUT2D eigenvalue weighted by molar-refractivity contribution is -0.113. The van der Waals surface area contributed by atoms with Gasteiger partial charge < -0.3 is 19.6 Å². The number of thioether (sulfide) groups is 1. The largest absolute Gasteiger partial charge is 0.459 e. The summed E-state index contributed by atoms with van der Waals surface area (Å²) in [5.41, 5.74) is 0.766. The number of carbonyl (C=O) groups excluding carboxylic acids is 2. The van der Waals surface area contributed by atoms with Crippen molar-refractivity contribution in [3.8, 4) is 0 Å². The van der Waals surface area contributed by atoms with E-state index in [0.29, 0.717) is 17.5 Å². The van der Waals surface area contributed by atoms with E-state index in [1.54, 1.807) is 18.2 Å². The summed E-state index contributed by atoms with van der Waals surface area (Å²) in [4.78, 5) is 24.7. The van der Waals surface area contributed by atoms with E-state index >= 15 is 0 Å². The average molecular weight is 448 g/mol. The molecular weight excluding hydrogens is 426 g/mol. The molecule has 0 bridgehead atoms. The van der Waals surface area contributed by atoms with Crippen molar-refractivity contribution in [1.29, 1.82) is 0 Å². The fourth-order valence-electron chi connectivity index (χ4n) is 3.17. The van der Waals surface area contributed by atoms with Gasteiger partial charge in [0, 0.05) is 17.6 Å². The van der Waals surface area contributed by atoms with Gasteiger partial charge in [0.15, 0.2) is 16.7 Å². The van der Waals surface area contributed by atoms with Gasteiger partial charge in [-0.25, -0.2) is 0 Å². The Labute approximate surface area is 188 Å². The number of amides is 2. The van der Waals surface area contributed by atoms with E-state index in [-0.39, 0.29) is 29.9 Å². The van der Waals surface area contributed by atoms with Gasteiger partial charge in [-0.3, -0.25) is 9.59 Å². The van der Waals surface area contributed by atoms with Crippen LogP contribution in [-0.2, 0) is 17.9 Å². The quantitative estimate of drug-likeness (QED) is 0.298. The molecule has 2 heterocycles. The first kappa shape index (κ1) is 21.4. The van der Waals surface area contributed by atoms with Gasteiger partial charge in [-0.15, -0.1) is 16.8 Å². The summed E-state index contributed by atoms with van der Waals surface area (Å²) in [6.45, 7) is 4.39. The van der Waals surface area contributed by atoms with Crippen LogP contribution in [0.25, 0.3) is 10.8 Å². The zero-order chi connectivity index (χ0) is 22.3. The number of carbonyl (C=O) groups is 2. The summed E-state index contributed by atoms with van der Waals surface area (Å²) in [5.74, 6) is 0.456. The van der Waals surface area contributed by atoms with Crippen molar-refractivity contribution in [1.82, 2.24) is 20.1 Å². The Morgan fingerprint density at radius 1 is 1.09 bits per heavy atom. The van der Waals surface area contributed by atoms with E-state index in [9.17, 15) is 9.59 Å². The van der Waals surface area contributed by atoms with Crippen LogP contribution in [0.5, 0.6) is 0 Å². The molecule has 4 rings (SSSR count). The number of hydrogen-bond acceptors (Lipinski definition) is 6. The van der Waals surface area contributed by atoms with Gasteiger partial charge in [0.2, 0.25) is 5.91 Å². The van der Waals surface area contributed by atoms with Gasteiger partial charge in [0.1, 0.15) is 0 Å². The van der Waals surface area contributed by atoms with Gasteiger partial charge in [0.05, 0.1) is 18.6 Å². The summed E-state index contributed by atoms with van der Waals surface area (Å²) in [6.07, 6.45) is 3.15. The molecule has 8 nitrogen and oxygen atoms in total. The van der Waals surface area contributed by atoms with Crippen LogP contribution in [0.15, 0.2) is 83.1 Å². The molecule has 0 fully saturated rings. The molecule has 2 aromatic carbocycles. The van der Waals surface area contributed by atoms with Crippen molar-refractivity contribution >= 4 is 40.0 Å². The summed E-state index contributed by atoms with van der Waals surface area (Å²) < 4.78 is 6.90. The summed E-state index contributed by atoms with van der Waals surface area (Å²) in [6, 6.07) is 16.9. The molecule has 9 heteroatoms. The van der Waals surface area contributed by atoms with Crippen LogP contribution >= 0.6 is 11.8 Å². The smallest absolute Gasteiger partial charge is 0.287 e. The van der Waals surface area contributed by atoms with E-state index in [2.05, 4.69) is 27.4 Å².